The van der Waals surface area contributed by atoms with Crippen LogP contribution >= 0.6 is 24.8 Å². The zero-order valence-electron chi connectivity index (χ0n) is 12.9. The molecule has 2 nitrogen and oxygen atoms in total. The Balaban J connectivity index is 0.00000364. The Labute approximate surface area is 162 Å². The van der Waals surface area contributed by atoms with E-state index in [1.807, 2.05) is 0 Å². The molecule has 28 heavy (non-hydrogen) atoms. The van der Waals surface area contributed by atoms with Crippen LogP contribution in [0, 0.1) is 58.2 Å². The van der Waals surface area contributed by atoms with E-state index in [0.717, 1.165) is 0 Å². The van der Waals surface area contributed by atoms with Crippen LogP contribution in [0.15, 0.2) is 0 Å². The second kappa shape index (κ2) is 9.16. The first kappa shape index (κ1) is 26.2. The summed E-state index contributed by atoms with van der Waals surface area (Å²) in [5, 5.41) is 0. The highest BCUT2D eigenvalue weighted by atomic mass is 35.5. The second-order valence-corrected chi connectivity index (χ2v) is 5.02. The van der Waals surface area contributed by atoms with Crippen molar-refractivity contribution in [1.29, 1.82) is 0 Å². The Morgan fingerprint density at radius 3 is 0.679 bits per heavy atom. The molecule has 4 N–H and O–H groups in total. The van der Waals surface area contributed by atoms with E-state index in [2.05, 4.69) is 0 Å². The summed E-state index contributed by atoms with van der Waals surface area (Å²) < 4.78 is 134. The van der Waals surface area contributed by atoms with Gasteiger partial charge in [0.2, 0.25) is 11.6 Å². The van der Waals surface area contributed by atoms with Crippen LogP contribution in [0.1, 0.15) is 23.2 Å². The molecule has 0 aliphatic carbocycles. The smallest absolute Gasteiger partial charge is 0.200 e. The van der Waals surface area contributed by atoms with Crippen molar-refractivity contribution in [3.05, 3.63) is 69.3 Å². The summed E-state index contributed by atoms with van der Waals surface area (Å²) in [4.78, 5) is 0. The maximum atomic E-state index is 13.7. The molecule has 0 bridgehead atoms. The molecule has 2 rings (SSSR count). The van der Waals surface area contributed by atoms with Gasteiger partial charge in [-0.2, -0.15) is 0 Å². The van der Waals surface area contributed by atoms with Gasteiger partial charge in [-0.25, -0.2) is 43.9 Å². The van der Waals surface area contributed by atoms with E-state index >= 15 is 0 Å². The van der Waals surface area contributed by atoms with Crippen LogP contribution in [0.25, 0.3) is 0 Å². The van der Waals surface area contributed by atoms with Gasteiger partial charge in [-0.3, -0.25) is 0 Å². The van der Waals surface area contributed by atoms with Crippen molar-refractivity contribution >= 4 is 24.8 Å². The van der Waals surface area contributed by atoms with Gasteiger partial charge in [0.1, 0.15) is 0 Å². The van der Waals surface area contributed by atoms with Gasteiger partial charge in [0.25, 0.3) is 0 Å². The molecule has 0 unspecified atom stereocenters. The van der Waals surface area contributed by atoms with E-state index < -0.39 is 81.4 Å². The predicted molar refractivity (Wildman–Crippen MR) is 80.8 cm³/mol. The highest BCUT2D eigenvalue weighted by molar-refractivity contribution is 5.85. The van der Waals surface area contributed by atoms with Crippen molar-refractivity contribution in [2.24, 2.45) is 11.5 Å². The van der Waals surface area contributed by atoms with E-state index in [1.165, 1.54) is 0 Å². The monoisotopic (exact) mass is 464 g/mol. The zero-order valence-corrected chi connectivity index (χ0v) is 14.5. The fourth-order valence-electron chi connectivity index (χ4n) is 2.19. The standard InChI is InChI=1S/C14H6F10N2.2ClH/c15-3-1(4(16)8(20)11(23)7(3)19)13(25)14(26)2-5(17)9(21)12(24)10(22)6(2)18;;/h13-14H,25-26H2;2*1H/t13-,14-;;/m0../s1. The van der Waals surface area contributed by atoms with Crippen LogP contribution in [-0.2, 0) is 0 Å². The molecular weight excluding hydrogens is 457 g/mol. The Kier molecular flexibility index (Phi) is 8.58. The first-order chi connectivity index (χ1) is 11.9. The summed E-state index contributed by atoms with van der Waals surface area (Å²) in [6.45, 7) is 0. The van der Waals surface area contributed by atoms with Crippen LogP contribution in [0.5, 0.6) is 0 Å². The van der Waals surface area contributed by atoms with Crippen molar-refractivity contribution in [2.75, 3.05) is 0 Å². The molecule has 0 spiro atoms. The first-order valence-electron chi connectivity index (χ1n) is 6.47. The van der Waals surface area contributed by atoms with Gasteiger partial charge in [0.15, 0.2) is 46.5 Å². The third-order valence-corrected chi connectivity index (χ3v) is 3.54. The molecule has 0 amide bonds. The van der Waals surface area contributed by atoms with Gasteiger partial charge < -0.3 is 11.5 Å². The predicted octanol–water partition coefficient (Wildman–Crippen LogP) is 4.62. The maximum absolute atomic E-state index is 13.7. The van der Waals surface area contributed by atoms with Crippen LogP contribution in [0.3, 0.4) is 0 Å². The van der Waals surface area contributed by atoms with Crippen LogP contribution in [0.2, 0.25) is 0 Å². The highest BCUT2D eigenvalue weighted by Gasteiger charge is 2.36. The van der Waals surface area contributed by atoms with E-state index in [-0.39, 0.29) is 24.8 Å². The van der Waals surface area contributed by atoms with Crippen molar-refractivity contribution in [3.63, 3.8) is 0 Å². The average molecular weight is 465 g/mol. The molecule has 158 valence electrons. The summed E-state index contributed by atoms with van der Waals surface area (Å²) in [7, 11) is 0. The first-order valence-corrected chi connectivity index (χ1v) is 6.47. The molecule has 0 aliphatic heterocycles. The second-order valence-electron chi connectivity index (χ2n) is 5.02. The summed E-state index contributed by atoms with van der Waals surface area (Å²) >= 11 is 0. The van der Waals surface area contributed by atoms with Gasteiger partial charge in [0, 0.05) is 11.1 Å². The van der Waals surface area contributed by atoms with Gasteiger partial charge >= 0.3 is 0 Å². The molecule has 2 aromatic carbocycles. The number of hydrogen-bond donors (Lipinski definition) is 2. The molecule has 2 aromatic rings. The summed E-state index contributed by atoms with van der Waals surface area (Å²) in [6.07, 6.45) is 0. The fraction of sp³-hybridized carbons (Fsp3) is 0.143. The van der Waals surface area contributed by atoms with Crippen LogP contribution in [0.4, 0.5) is 43.9 Å². The molecule has 0 saturated heterocycles. The molecule has 0 aliphatic rings. The Bertz CT molecular complexity index is 777. The third kappa shape index (κ3) is 3.86. The quantitative estimate of drug-likeness (QED) is 0.395. The lowest BCUT2D eigenvalue weighted by molar-refractivity contribution is 0.343. The van der Waals surface area contributed by atoms with Crippen LogP contribution in [-0.4, -0.2) is 0 Å². The molecule has 14 heteroatoms. The van der Waals surface area contributed by atoms with Gasteiger partial charge in [-0.15, -0.1) is 24.8 Å². The largest absolute Gasteiger partial charge is 0.322 e. The number of nitrogens with two attached hydrogens (primary N) is 2. The van der Waals surface area contributed by atoms with Crippen molar-refractivity contribution in [3.8, 4) is 0 Å². The Morgan fingerprint density at radius 1 is 0.357 bits per heavy atom. The number of benzene rings is 2. The van der Waals surface area contributed by atoms with E-state index in [1.54, 1.807) is 0 Å². The average Bonchev–Trinajstić information content (AvgIpc) is 2.61. The summed E-state index contributed by atoms with van der Waals surface area (Å²) in [5.74, 6) is -24.7. The van der Waals surface area contributed by atoms with Gasteiger partial charge in [-0.1, -0.05) is 0 Å². The molecule has 0 saturated carbocycles. The SMILES string of the molecule is Cl.Cl.N[C@@H](c1c(F)c(F)c(F)c(F)c1F)[C@@H](N)c1c(F)c(F)c(F)c(F)c1F. The summed E-state index contributed by atoms with van der Waals surface area (Å²) in [5.41, 5.74) is 6.85. The van der Waals surface area contributed by atoms with Crippen molar-refractivity contribution < 1.29 is 43.9 Å². The minimum absolute atomic E-state index is 0. The summed E-state index contributed by atoms with van der Waals surface area (Å²) in [6, 6.07) is -5.10. The van der Waals surface area contributed by atoms with E-state index in [0.29, 0.717) is 0 Å². The van der Waals surface area contributed by atoms with Crippen molar-refractivity contribution in [2.45, 2.75) is 12.1 Å². The Hall–Kier alpha value is -1.76. The third-order valence-electron chi connectivity index (χ3n) is 3.54. The van der Waals surface area contributed by atoms with Gasteiger partial charge in [-0.05, 0) is 0 Å². The number of halogens is 12. The molecule has 0 fully saturated rings. The molecule has 0 radical (unpaired) electrons. The molecule has 2 atom stereocenters. The van der Waals surface area contributed by atoms with Crippen LogP contribution < -0.4 is 11.5 Å². The fourth-order valence-corrected chi connectivity index (χ4v) is 2.19. The lowest BCUT2D eigenvalue weighted by Gasteiger charge is -2.23. The lowest BCUT2D eigenvalue weighted by atomic mass is 9.92. The minimum Gasteiger partial charge on any atom is -0.322 e. The van der Waals surface area contributed by atoms with E-state index in [9.17, 15) is 43.9 Å². The lowest BCUT2D eigenvalue weighted by Crippen LogP contribution is -2.31. The number of hydrogen-bond acceptors (Lipinski definition) is 2. The Morgan fingerprint density at radius 2 is 0.500 bits per heavy atom. The van der Waals surface area contributed by atoms with Gasteiger partial charge in [0.05, 0.1) is 12.1 Å². The highest BCUT2D eigenvalue weighted by Crippen LogP contribution is 2.35. The normalized spacial score (nSPS) is 12.9. The topological polar surface area (TPSA) is 52.0 Å². The molecule has 0 aromatic heterocycles. The molecular formula is C14H8Cl2F10N2. The van der Waals surface area contributed by atoms with Crippen molar-refractivity contribution in [1.82, 2.24) is 0 Å². The zero-order chi connectivity index (χ0) is 20.1. The molecule has 0 heterocycles. The van der Waals surface area contributed by atoms with E-state index in [4.69, 9.17) is 11.5 Å². The maximum Gasteiger partial charge on any atom is 0.200 e. The minimum atomic E-state index is -2.55. The number of rotatable bonds is 3.